The van der Waals surface area contributed by atoms with Gasteiger partial charge in [-0.25, -0.2) is 0 Å². The third kappa shape index (κ3) is 3.72. The molecule has 4 rings (SSSR count). The molecular formula is C17H19ClN6O2. The molecule has 0 amide bonds. The molecule has 9 heteroatoms. The van der Waals surface area contributed by atoms with Gasteiger partial charge in [0.15, 0.2) is 5.65 Å². The maximum atomic E-state index is 5.95. The number of anilines is 3. The van der Waals surface area contributed by atoms with Crippen molar-refractivity contribution in [2.75, 3.05) is 37.0 Å². The summed E-state index contributed by atoms with van der Waals surface area (Å²) in [5.74, 6) is 1.18. The average molecular weight is 375 g/mol. The van der Waals surface area contributed by atoms with E-state index in [0.29, 0.717) is 43.2 Å². The van der Waals surface area contributed by atoms with Crippen LogP contribution in [0, 0.1) is 0 Å². The van der Waals surface area contributed by atoms with Crippen molar-refractivity contribution in [1.29, 1.82) is 0 Å². The number of aromatic nitrogens is 4. The Hall–Kier alpha value is -2.42. The lowest BCUT2D eigenvalue weighted by Gasteiger charge is -2.23. The zero-order valence-electron chi connectivity index (χ0n) is 14.3. The van der Waals surface area contributed by atoms with E-state index in [-0.39, 0.29) is 6.10 Å². The number of hydrogen-bond donors (Lipinski definition) is 2. The van der Waals surface area contributed by atoms with Gasteiger partial charge < -0.3 is 20.1 Å². The maximum Gasteiger partial charge on any atom is 0.226 e. The lowest BCUT2D eigenvalue weighted by atomic mass is 10.3. The van der Waals surface area contributed by atoms with Crippen LogP contribution in [0.15, 0.2) is 30.5 Å². The highest BCUT2D eigenvalue weighted by atomic mass is 35.5. The Morgan fingerprint density at radius 1 is 1.23 bits per heavy atom. The zero-order valence-corrected chi connectivity index (χ0v) is 15.0. The minimum atomic E-state index is -0.0118. The average Bonchev–Trinajstić information content (AvgIpc) is 3.04. The number of halogens is 1. The summed E-state index contributed by atoms with van der Waals surface area (Å²) < 4.78 is 12.8. The zero-order chi connectivity index (χ0) is 17.9. The van der Waals surface area contributed by atoms with E-state index in [1.165, 1.54) is 0 Å². The monoisotopic (exact) mass is 374 g/mol. The standard InChI is InChI=1S/C17H19ClN6O2/c1-24-16-14(9-20-24)15(21-12-4-2-11(18)3-5-12)22-17(23-16)19-8-13-10-25-6-7-26-13/h2-5,9,13H,6-8,10H2,1H3,(H2,19,21,22,23). The first-order chi connectivity index (χ1) is 12.7. The summed E-state index contributed by atoms with van der Waals surface area (Å²) in [6.07, 6.45) is 1.73. The third-order valence-corrected chi connectivity index (χ3v) is 4.32. The van der Waals surface area contributed by atoms with Crippen LogP contribution < -0.4 is 10.6 Å². The van der Waals surface area contributed by atoms with Crippen molar-refractivity contribution in [2.45, 2.75) is 6.10 Å². The number of benzene rings is 1. The molecule has 0 spiro atoms. The summed E-state index contributed by atoms with van der Waals surface area (Å²) in [5.41, 5.74) is 1.62. The number of hydrogen-bond acceptors (Lipinski definition) is 7. The van der Waals surface area contributed by atoms with Crippen LogP contribution in [0.1, 0.15) is 0 Å². The van der Waals surface area contributed by atoms with Crippen LogP contribution in [0.25, 0.3) is 11.0 Å². The van der Waals surface area contributed by atoms with E-state index in [1.54, 1.807) is 10.9 Å². The third-order valence-electron chi connectivity index (χ3n) is 4.07. The van der Waals surface area contributed by atoms with Crippen LogP contribution >= 0.6 is 11.6 Å². The molecule has 1 fully saturated rings. The minimum Gasteiger partial charge on any atom is -0.376 e. The Labute approximate surface area is 155 Å². The second-order valence-corrected chi connectivity index (χ2v) is 6.42. The Morgan fingerprint density at radius 3 is 2.85 bits per heavy atom. The topological polar surface area (TPSA) is 86.1 Å². The fourth-order valence-electron chi connectivity index (χ4n) is 2.73. The van der Waals surface area contributed by atoms with Crippen molar-refractivity contribution in [3.05, 3.63) is 35.5 Å². The molecule has 1 aliphatic rings. The summed E-state index contributed by atoms with van der Waals surface area (Å²) in [7, 11) is 1.85. The highest BCUT2D eigenvalue weighted by Gasteiger charge is 2.16. The molecule has 0 radical (unpaired) electrons. The van der Waals surface area contributed by atoms with Crippen LogP contribution in [0.4, 0.5) is 17.5 Å². The summed E-state index contributed by atoms with van der Waals surface area (Å²) >= 11 is 5.95. The van der Waals surface area contributed by atoms with Crippen LogP contribution in [0.5, 0.6) is 0 Å². The van der Waals surface area contributed by atoms with E-state index in [0.717, 1.165) is 16.7 Å². The van der Waals surface area contributed by atoms with Crippen molar-refractivity contribution in [1.82, 2.24) is 19.7 Å². The van der Waals surface area contributed by atoms with Gasteiger partial charge in [0.25, 0.3) is 0 Å². The van der Waals surface area contributed by atoms with Gasteiger partial charge in [-0.05, 0) is 24.3 Å². The van der Waals surface area contributed by atoms with Gasteiger partial charge in [-0.1, -0.05) is 11.6 Å². The molecule has 2 N–H and O–H groups in total. The largest absolute Gasteiger partial charge is 0.376 e. The number of fused-ring (bicyclic) bond motifs is 1. The Kier molecular flexibility index (Phi) is 4.87. The van der Waals surface area contributed by atoms with Gasteiger partial charge in [-0.2, -0.15) is 15.1 Å². The first-order valence-electron chi connectivity index (χ1n) is 8.34. The molecule has 1 saturated heterocycles. The number of rotatable bonds is 5. The SMILES string of the molecule is Cn1ncc2c(Nc3ccc(Cl)cc3)nc(NCC3COCCO3)nc21. The van der Waals surface area contributed by atoms with Crippen LogP contribution in [-0.4, -0.2) is 52.2 Å². The fraction of sp³-hybridized carbons (Fsp3) is 0.353. The van der Waals surface area contributed by atoms with Gasteiger partial charge >= 0.3 is 0 Å². The molecule has 3 aromatic rings. The van der Waals surface area contributed by atoms with E-state index >= 15 is 0 Å². The first kappa shape index (κ1) is 17.0. The second-order valence-electron chi connectivity index (χ2n) is 5.98. The molecule has 8 nitrogen and oxygen atoms in total. The molecule has 1 atom stereocenters. The smallest absolute Gasteiger partial charge is 0.226 e. The van der Waals surface area contributed by atoms with E-state index < -0.39 is 0 Å². The lowest BCUT2D eigenvalue weighted by molar-refractivity contribution is -0.0819. The van der Waals surface area contributed by atoms with E-state index in [9.17, 15) is 0 Å². The van der Waals surface area contributed by atoms with Crippen molar-refractivity contribution >= 4 is 40.1 Å². The second kappa shape index (κ2) is 7.45. The van der Waals surface area contributed by atoms with Crippen LogP contribution in [0.3, 0.4) is 0 Å². The number of nitrogens with zero attached hydrogens (tertiary/aromatic N) is 4. The number of nitrogens with one attached hydrogen (secondary N) is 2. The molecule has 0 saturated carbocycles. The van der Waals surface area contributed by atoms with Crippen LogP contribution in [-0.2, 0) is 16.5 Å². The Morgan fingerprint density at radius 2 is 2.08 bits per heavy atom. The number of aryl methyl sites for hydroxylation is 1. The Balaban J connectivity index is 1.59. The quantitative estimate of drug-likeness (QED) is 0.709. The van der Waals surface area contributed by atoms with Crippen molar-refractivity contribution in [3.63, 3.8) is 0 Å². The normalized spacial score (nSPS) is 17.4. The minimum absolute atomic E-state index is 0.0118. The van der Waals surface area contributed by atoms with Gasteiger partial charge in [-0.15, -0.1) is 0 Å². The highest BCUT2D eigenvalue weighted by Crippen LogP contribution is 2.25. The van der Waals surface area contributed by atoms with E-state index in [2.05, 4.69) is 25.7 Å². The summed E-state index contributed by atoms with van der Waals surface area (Å²) in [6, 6.07) is 7.44. The van der Waals surface area contributed by atoms with Gasteiger partial charge in [0.1, 0.15) is 5.82 Å². The van der Waals surface area contributed by atoms with Gasteiger partial charge in [0.2, 0.25) is 5.95 Å². The highest BCUT2D eigenvalue weighted by molar-refractivity contribution is 6.30. The molecule has 2 aromatic heterocycles. The molecule has 1 unspecified atom stereocenters. The van der Waals surface area contributed by atoms with Gasteiger partial charge in [0.05, 0.1) is 37.5 Å². The van der Waals surface area contributed by atoms with Crippen molar-refractivity contribution in [3.8, 4) is 0 Å². The predicted molar refractivity (Wildman–Crippen MR) is 100 cm³/mol. The molecule has 26 heavy (non-hydrogen) atoms. The van der Waals surface area contributed by atoms with E-state index in [1.807, 2.05) is 31.3 Å². The maximum absolute atomic E-state index is 5.95. The summed E-state index contributed by atoms with van der Waals surface area (Å²) in [6.45, 7) is 2.39. The summed E-state index contributed by atoms with van der Waals surface area (Å²) in [5, 5.41) is 12.3. The van der Waals surface area contributed by atoms with Gasteiger partial charge in [0, 0.05) is 24.3 Å². The Bertz CT molecular complexity index is 892. The number of ether oxygens (including phenoxy) is 2. The van der Waals surface area contributed by atoms with Crippen molar-refractivity contribution < 1.29 is 9.47 Å². The van der Waals surface area contributed by atoms with E-state index in [4.69, 9.17) is 21.1 Å². The first-order valence-corrected chi connectivity index (χ1v) is 8.72. The molecule has 3 heterocycles. The lowest BCUT2D eigenvalue weighted by Crippen LogP contribution is -2.34. The predicted octanol–water partition coefficient (Wildman–Crippen LogP) is 2.59. The molecule has 1 aromatic carbocycles. The van der Waals surface area contributed by atoms with Crippen LogP contribution in [0.2, 0.25) is 5.02 Å². The van der Waals surface area contributed by atoms with Gasteiger partial charge in [-0.3, -0.25) is 4.68 Å². The van der Waals surface area contributed by atoms with Crippen molar-refractivity contribution in [2.24, 2.45) is 7.05 Å². The summed E-state index contributed by atoms with van der Waals surface area (Å²) in [4.78, 5) is 9.16. The fourth-order valence-corrected chi connectivity index (χ4v) is 2.85. The molecular weight excluding hydrogens is 356 g/mol. The molecule has 0 aliphatic carbocycles. The molecule has 0 bridgehead atoms. The molecule has 1 aliphatic heterocycles. The molecule has 136 valence electrons.